The lowest BCUT2D eigenvalue weighted by Gasteiger charge is -2.34. The van der Waals surface area contributed by atoms with Crippen molar-refractivity contribution in [3.05, 3.63) is 29.6 Å². The Kier molecular flexibility index (Phi) is 2.38. The number of halogens is 3. The Morgan fingerprint density at radius 3 is 2.31 bits per heavy atom. The zero-order valence-corrected chi connectivity index (χ0v) is 8.38. The first kappa shape index (κ1) is 10.9. The molecule has 1 heterocycles. The van der Waals surface area contributed by atoms with Gasteiger partial charge in [-0.15, -0.1) is 0 Å². The predicted octanol–water partition coefficient (Wildman–Crippen LogP) is 3.05. The zero-order chi connectivity index (χ0) is 11.8. The summed E-state index contributed by atoms with van der Waals surface area (Å²) < 4.78 is 36.9. The molecule has 0 bridgehead atoms. The Bertz CT molecular complexity index is 424. The van der Waals surface area contributed by atoms with Gasteiger partial charge in [-0.1, -0.05) is 0 Å². The van der Waals surface area contributed by atoms with Crippen molar-refractivity contribution in [2.45, 2.75) is 30.9 Å². The summed E-state index contributed by atoms with van der Waals surface area (Å²) in [6.07, 6.45) is -1.28. The van der Waals surface area contributed by atoms with Crippen molar-refractivity contribution in [2.75, 3.05) is 0 Å². The molecule has 16 heavy (non-hydrogen) atoms. The van der Waals surface area contributed by atoms with E-state index in [0.717, 1.165) is 18.7 Å². The molecular weight excluding hydrogens is 217 g/mol. The van der Waals surface area contributed by atoms with Gasteiger partial charge < -0.3 is 0 Å². The molecule has 1 saturated carbocycles. The Labute approximate surface area is 90.7 Å². The molecule has 0 aromatic carbocycles. The molecule has 1 aliphatic rings. The van der Waals surface area contributed by atoms with Crippen LogP contribution in [0.2, 0.25) is 0 Å². The van der Waals surface area contributed by atoms with Gasteiger partial charge in [0.05, 0.1) is 22.7 Å². The first-order chi connectivity index (χ1) is 7.48. The molecule has 1 aromatic heterocycles. The lowest BCUT2D eigenvalue weighted by Crippen LogP contribution is -2.33. The molecule has 0 spiro atoms. The van der Waals surface area contributed by atoms with Crippen molar-refractivity contribution in [3.8, 4) is 6.07 Å². The van der Waals surface area contributed by atoms with E-state index in [1.165, 1.54) is 6.07 Å². The van der Waals surface area contributed by atoms with Crippen LogP contribution in [0.5, 0.6) is 0 Å². The molecule has 2 nitrogen and oxygen atoms in total. The Hall–Kier alpha value is -1.57. The van der Waals surface area contributed by atoms with E-state index < -0.39 is 17.2 Å². The zero-order valence-electron chi connectivity index (χ0n) is 8.38. The number of hydrogen-bond acceptors (Lipinski definition) is 2. The van der Waals surface area contributed by atoms with Gasteiger partial charge in [0, 0.05) is 6.20 Å². The molecule has 0 amide bonds. The van der Waals surface area contributed by atoms with E-state index in [9.17, 15) is 13.2 Å². The van der Waals surface area contributed by atoms with Gasteiger partial charge in [-0.2, -0.15) is 18.4 Å². The molecule has 84 valence electrons. The number of aromatic nitrogens is 1. The summed E-state index contributed by atoms with van der Waals surface area (Å²) in [6, 6.07) is 4.44. The fourth-order valence-electron chi connectivity index (χ4n) is 1.80. The van der Waals surface area contributed by atoms with Gasteiger partial charge in [0.2, 0.25) is 0 Å². The van der Waals surface area contributed by atoms with Crippen LogP contribution in [-0.4, -0.2) is 4.98 Å². The first-order valence-electron chi connectivity index (χ1n) is 4.93. The monoisotopic (exact) mass is 226 g/mol. The summed E-state index contributed by atoms with van der Waals surface area (Å²) in [5.74, 6) is 0. The third-order valence-corrected chi connectivity index (χ3v) is 3.00. The Balaban J connectivity index is 2.30. The molecule has 5 heteroatoms. The molecule has 1 fully saturated rings. The molecule has 0 aliphatic heterocycles. The van der Waals surface area contributed by atoms with Crippen LogP contribution in [0, 0.1) is 11.3 Å². The van der Waals surface area contributed by atoms with Gasteiger partial charge in [-0.3, -0.25) is 4.98 Å². The van der Waals surface area contributed by atoms with Crippen LogP contribution in [-0.2, 0) is 11.6 Å². The van der Waals surface area contributed by atoms with E-state index in [1.54, 1.807) is 0 Å². The standard InChI is InChI=1S/C11H9F3N2/c12-11(13,14)8-2-3-9(16-6-8)10(7-15)4-1-5-10/h2-3,6H,1,4-5H2. The maximum absolute atomic E-state index is 12.3. The number of hydrogen-bond donors (Lipinski definition) is 0. The van der Waals surface area contributed by atoms with Crippen LogP contribution in [0.25, 0.3) is 0 Å². The van der Waals surface area contributed by atoms with E-state index in [0.29, 0.717) is 18.5 Å². The molecule has 0 atom stereocenters. The molecule has 0 unspecified atom stereocenters. The van der Waals surface area contributed by atoms with Crippen LogP contribution in [0.3, 0.4) is 0 Å². The van der Waals surface area contributed by atoms with Gasteiger partial charge in [0.25, 0.3) is 0 Å². The lowest BCUT2D eigenvalue weighted by atomic mass is 9.67. The molecular formula is C11H9F3N2. The van der Waals surface area contributed by atoms with Crippen LogP contribution in [0.1, 0.15) is 30.5 Å². The number of pyridine rings is 1. The van der Waals surface area contributed by atoms with Gasteiger partial charge in [-0.25, -0.2) is 0 Å². The second-order valence-corrected chi connectivity index (χ2v) is 3.98. The molecule has 2 rings (SSSR count). The Morgan fingerprint density at radius 1 is 1.31 bits per heavy atom. The number of rotatable bonds is 1. The van der Waals surface area contributed by atoms with Crippen molar-refractivity contribution in [1.82, 2.24) is 4.98 Å². The largest absolute Gasteiger partial charge is 0.417 e. The lowest BCUT2D eigenvalue weighted by molar-refractivity contribution is -0.137. The second kappa shape index (κ2) is 3.48. The Morgan fingerprint density at radius 2 is 2.00 bits per heavy atom. The van der Waals surface area contributed by atoms with Crippen LogP contribution in [0.4, 0.5) is 13.2 Å². The van der Waals surface area contributed by atoms with Gasteiger partial charge in [0.1, 0.15) is 0 Å². The quantitative estimate of drug-likeness (QED) is 0.737. The minimum Gasteiger partial charge on any atom is -0.259 e. The van der Waals surface area contributed by atoms with Gasteiger partial charge >= 0.3 is 6.18 Å². The minimum absolute atomic E-state index is 0.453. The average Bonchev–Trinajstić information content (AvgIpc) is 2.16. The maximum Gasteiger partial charge on any atom is 0.417 e. The molecule has 0 N–H and O–H groups in total. The minimum atomic E-state index is -4.37. The van der Waals surface area contributed by atoms with E-state index >= 15 is 0 Å². The summed E-state index contributed by atoms with van der Waals surface area (Å²) in [6.45, 7) is 0. The smallest absolute Gasteiger partial charge is 0.259 e. The average molecular weight is 226 g/mol. The predicted molar refractivity (Wildman–Crippen MR) is 50.4 cm³/mol. The van der Waals surface area contributed by atoms with Crippen LogP contribution < -0.4 is 0 Å². The SMILES string of the molecule is N#CC1(c2ccc(C(F)(F)F)cn2)CCC1. The number of nitrogens with zero attached hydrogens (tertiary/aromatic N) is 2. The van der Waals surface area contributed by atoms with Crippen LogP contribution >= 0.6 is 0 Å². The number of alkyl halides is 3. The van der Waals surface area contributed by atoms with Crippen molar-refractivity contribution < 1.29 is 13.2 Å². The maximum atomic E-state index is 12.3. The summed E-state index contributed by atoms with van der Waals surface area (Å²) in [4.78, 5) is 3.77. The second-order valence-electron chi connectivity index (χ2n) is 3.98. The summed E-state index contributed by atoms with van der Waals surface area (Å²) >= 11 is 0. The van der Waals surface area contributed by atoms with E-state index in [-0.39, 0.29) is 0 Å². The van der Waals surface area contributed by atoms with E-state index in [1.807, 2.05) is 0 Å². The molecule has 0 saturated heterocycles. The molecule has 1 aromatic rings. The highest BCUT2D eigenvalue weighted by Gasteiger charge is 2.41. The number of nitriles is 1. The molecule has 0 radical (unpaired) electrons. The topological polar surface area (TPSA) is 36.7 Å². The summed E-state index contributed by atoms with van der Waals surface area (Å²) in [7, 11) is 0. The third kappa shape index (κ3) is 1.64. The van der Waals surface area contributed by atoms with Gasteiger partial charge in [0.15, 0.2) is 0 Å². The van der Waals surface area contributed by atoms with Crippen molar-refractivity contribution in [1.29, 1.82) is 5.26 Å². The fraction of sp³-hybridized carbons (Fsp3) is 0.455. The van der Waals surface area contributed by atoms with Crippen molar-refractivity contribution >= 4 is 0 Å². The summed E-state index contributed by atoms with van der Waals surface area (Å²) in [5.41, 5.74) is -0.970. The first-order valence-corrected chi connectivity index (χ1v) is 4.93. The van der Waals surface area contributed by atoms with Crippen LogP contribution in [0.15, 0.2) is 18.3 Å². The normalized spacial score (nSPS) is 18.6. The molecule has 1 aliphatic carbocycles. The summed E-state index contributed by atoms with van der Waals surface area (Å²) in [5, 5.41) is 9.01. The third-order valence-electron chi connectivity index (χ3n) is 3.00. The van der Waals surface area contributed by atoms with Crippen molar-refractivity contribution in [2.24, 2.45) is 0 Å². The van der Waals surface area contributed by atoms with E-state index in [2.05, 4.69) is 11.1 Å². The van der Waals surface area contributed by atoms with Crippen molar-refractivity contribution in [3.63, 3.8) is 0 Å². The highest BCUT2D eigenvalue weighted by molar-refractivity contribution is 5.31. The van der Waals surface area contributed by atoms with Gasteiger partial charge in [-0.05, 0) is 31.4 Å². The highest BCUT2D eigenvalue weighted by Crippen LogP contribution is 2.42. The van der Waals surface area contributed by atoms with E-state index in [4.69, 9.17) is 5.26 Å². The highest BCUT2D eigenvalue weighted by atomic mass is 19.4. The fourth-order valence-corrected chi connectivity index (χ4v) is 1.80.